The maximum absolute atomic E-state index is 11.0. The highest BCUT2D eigenvalue weighted by Crippen LogP contribution is 2.10. The molecule has 0 aromatic rings. The molecule has 0 fully saturated rings. The molecule has 0 bridgehead atoms. The minimum atomic E-state index is -0.227. The zero-order chi connectivity index (χ0) is 10.3. The number of nitrogens with zero attached hydrogens (tertiary/aromatic N) is 1. The highest BCUT2D eigenvalue weighted by atomic mass is 16.5. The summed E-state index contributed by atoms with van der Waals surface area (Å²) in [5.41, 5.74) is 0. The summed E-state index contributed by atoms with van der Waals surface area (Å²) >= 11 is 0. The number of carbonyl (C=O) groups excluding carboxylic acids is 2. The van der Waals surface area contributed by atoms with Gasteiger partial charge in [0.1, 0.15) is 5.78 Å². The van der Waals surface area contributed by atoms with Crippen molar-refractivity contribution in [2.75, 3.05) is 6.54 Å². The Morgan fingerprint density at radius 2 is 2.23 bits per heavy atom. The molecular weight excluding hydrogens is 170 g/mol. The summed E-state index contributed by atoms with van der Waals surface area (Å²) in [5, 5.41) is 9.42. The molecule has 0 aliphatic rings. The predicted octanol–water partition coefficient (Wildman–Crippen LogP) is 1.23. The van der Waals surface area contributed by atoms with E-state index in [2.05, 4.69) is 0 Å². The Hall–Kier alpha value is -0.900. The Morgan fingerprint density at radius 3 is 2.62 bits per heavy atom. The standard InChI is InChI=1S/C9H17NO3/c1-3-4-5-9(8(2)12)6-10(13)7-11/h7,9,13H,3-6H2,1-2H3. The van der Waals surface area contributed by atoms with E-state index >= 15 is 0 Å². The largest absolute Gasteiger partial charge is 0.300 e. The van der Waals surface area contributed by atoms with Crippen molar-refractivity contribution >= 4 is 12.2 Å². The monoisotopic (exact) mass is 187 g/mol. The van der Waals surface area contributed by atoms with Crippen LogP contribution in [0.25, 0.3) is 0 Å². The first-order chi connectivity index (χ1) is 6.11. The van der Waals surface area contributed by atoms with Crippen molar-refractivity contribution in [2.24, 2.45) is 5.92 Å². The van der Waals surface area contributed by atoms with Gasteiger partial charge in [0.05, 0.1) is 6.54 Å². The fourth-order valence-corrected chi connectivity index (χ4v) is 1.14. The van der Waals surface area contributed by atoms with E-state index in [1.54, 1.807) is 0 Å². The van der Waals surface area contributed by atoms with Crippen molar-refractivity contribution in [2.45, 2.75) is 33.1 Å². The van der Waals surface area contributed by atoms with Crippen LogP contribution in [0.3, 0.4) is 0 Å². The summed E-state index contributed by atoms with van der Waals surface area (Å²) in [6.45, 7) is 3.63. The molecule has 13 heavy (non-hydrogen) atoms. The van der Waals surface area contributed by atoms with Crippen LogP contribution in [0.15, 0.2) is 0 Å². The first kappa shape index (κ1) is 12.1. The van der Waals surface area contributed by atoms with Crippen molar-refractivity contribution in [3.63, 3.8) is 0 Å². The summed E-state index contributed by atoms with van der Waals surface area (Å²) in [4.78, 5) is 21.1. The van der Waals surface area contributed by atoms with Crippen LogP contribution in [0, 0.1) is 5.92 Å². The van der Waals surface area contributed by atoms with Crippen LogP contribution in [-0.4, -0.2) is 29.0 Å². The van der Waals surface area contributed by atoms with Gasteiger partial charge in [-0.3, -0.25) is 14.8 Å². The predicted molar refractivity (Wildman–Crippen MR) is 48.3 cm³/mol. The maximum Gasteiger partial charge on any atom is 0.233 e. The molecule has 4 heteroatoms. The van der Waals surface area contributed by atoms with E-state index in [1.165, 1.54) is 6.92 Å². The Balaban J connectivity index is 3.94. The summed E-state index contributed by atoms with van der Waals surface area (Å²) in [5.74, 6) is -0.204. The molecule has 1 N–H and O–H groups in total. The van der Waals surface area contributed by atoms with Gasteiger partial charge in [0.25, 0.3) is 0 Å². The van der Waals surface area contributed by atoms with E-state index in [4.69, 9.17) is 5.21 Å². The third-order valence-electron chi connectivity index (χ3n) is 2.01. The lowest BCUT2D eigenvalue weighted by atomic mass is 9.98. The molecule has 0 aromatic carbocycles. The molecule has 0 saturated carbocycles. The number of hydrogen-bond acceptors (Lipinski definition) is 3. The fourth-order valence-electron chi connectivity index (χ4n) is 1.14. The van der Waals surface area contributed by atoms with Crippen molar-refractivity contribution in [3.05, 3.63) is 0 Å². The highest BCUT2D eigenvalue weighted by molar-refractivity contribution is 5.78. The van der Waals surface area contributed by atoms with Gasteiger partial charge < -0.3 is 0 Å². The molecule has 4 nitrogen and oxygen atoms in total. The van der Waals surface area contributed by atoms with Crippen molar-refractivity contribution < 1.29 is 14.8 Å². The van der Waals surface area contributed by atoms with Crippen LogP contribution in [0.4, 0.5) is 0 Å². The smallest absolute Gasteiger partial charge is 0.233 e. The molecule has 1 atom stereocenters. The average molecular weight is 187 g/mol. The molecule has 0 saturated heterocycles. The van der Waals surface area contributed by atoms with Crippen LogP contribution < -0.4 is 0 Å². The maximum atomic E-state index is 11.0. The van der Waals surface area contributed by atoms with E-state index in [0.717, 1.165) is 19.3 Å². The molecule has 1 amide bonds. The van der Waals surface area contributed by atoms with Crippen LogP contribution in [0.2, 0.25) is 0 Å². The minimum absolute atomic E-state index is 0.0225. The SMILES string of the molecule is CCCCC(CN(O)C=O)C(C)=O. The van der Waals surface area contributed by atoms with Crippen molar-refractivity contribution in [3.8, 4) is 0 Å². The number of Topliss-reactive ketones (excluding diaryl/α,β-unsaturated/α-hetero) is 1. The lowest BCUT2D eigenvalue weighted by Gasteiger charge is -2.16. The molecule has 0 spiro atoms. The van der Waals surface area contributed by atoms with E-state index < -0.39 is 0 Å². The van der Waals surface area contributed by atoms with Crippen molar-refractivity contribution in [1.29, 1.82) is 0 Å². The van der Waals surface area contributed by atoms with Gasteiger partial charge in [-0.15, -0.1) is 0 Å². The molecule has 1 unspecified atom stereocenters. The van der Waals surface area contributed by atoms with Gasteiger partial charge in [0, 0.05) is 5.92 Å². The lowest BCUT2D eigenvalue weighted by molar-refractivity contribution is -0.154. The van der Waals surface area contributed by atoms with Crippen LogP contribution in [-0.2, 0) is 9.59 Å². The second-order valence-corrected chi connectivity index (χ2v) is 3.18. The Morgan fingerprint density at radius 1 is 1.62 bits per heavy atom. The molecule has 0 aliphatic carbocycles. The average Bonchev–Trinajstić information content (AvgIpc) is 2.11. The Kier molecular flexibility index (Phi) is 6.14. The Labute approximate surface area is 78.5 Å². The van der Waals surface area contributed by atoms with E-state index in [-0.39, 0.29) is 18.2 Å². The van der Waals surface area contributed by atoms with E-state index in [9.17, 15) is 9.59 Å². The molecule has 0 radical (unpaired) electrons. The molecular formula is C9H17NO3. The van der Waals surface area contributed by atoms with Gasteiger partial charge in [0.15, 0.2) is 0 Å². The number of unbranched alkanes of at least 4 members (excludes halogenated alkanes) is 1. The number of hydroxylamine groups is 2. The Bertz CT molecular complexity index is 170. The van der Waals surface area contributed by atoms with Crippen molar-refractivity contribution in [1.82, 2.24) is 5.06 Å². The quantitative estimate of drug-likeness (QED) is 0.370. The summed E-state index contributed by atoms with van der Waals surface area (Å²) < 4.78 is 0. The number of carbonyl (C=O) groups is 2. The van der Waals surface area contributed by atoms with Gasteiger partial charge in [-0.25, -0.2) is 5.06 Å². The summed E-state index contributed by atoms with van der Waals surface area (Å²) in [6.07, 6.45) is 3.01. The minimum Gasteiger partial charge on any atom is -0.300 e. The first-order valence-corrected chi connectivity index (χ1v) is 4.53. The molecule has 0 aliphatic heterocycles. The second-order valence-electron chi connectivity index (χ2n) is 3.18. The first-order valence-electron chi connectivity index (χ1n) is 4.53. The van der Waals surface area contributed by atoms with E-state index in [0.29, 0.717) is 11.5 Å². The molecule has 0 rings (SSSR count). The highest BCUT2D eigenvalue weighted by Gasteiger charge is 2.15. The van der Waals surface area contributed by atoms with Gasteiger partial charge in [-0.1, -0.05) is 19.8 Å². The summed E-state index contributed by atoms with van der Waals surface area (Å²) in [6, 6.07) is 0. The number of rotatable bonds is 7. The zero-order valence-electron chi connectivity index (χ0n) is 8.19. The zero-order valence-corrected chi connectivity index (χ0v) is 8.19. The molecule has 0 aromatic heterocycles. The van der Waals surface area contributed by atoms with Gasteiger partial charge in [-0.2, -0.15) is 0 Å². The van der Waals surface area contributed by atoms with E-state index in [1.807, 2.05) is 6.92 Å². The van der Waals surface area contributed by atoms with Crippen LogP contribution in [0.5, 0.6) is 0 Å². The second kappa shape index (κ2) is 6.60. The lowest BCUT2D eigenvalue weighted by Crippen LogP contribution is -2.28. The van der Waals surface area contributed by atoms with Gasteiger partial charge in [0.2, 0.25) is 6.41 Å². The molecule has 76 valence electrons. The number of ketones is 1. The molecule has 0 heterocycles. The van der Waals surface area contributed by atoms with Gasteiger partial charge >= 0.3 is 0 Å². The van der Waals surface area contributed by atoms with Crippen LogP contribution >= 0.6 is 0 Å². The number of hydrogen-bond donors (Lipinski definition) is 1. The fraction of sp³-hybridized carbons (Fsp3) is 0.778. The van der Waals surface area contributed by atoms with Gasteiger partial charge in [-0.05, 0) is 13.3 Å². The third-order valence-corrected chi connectivity index (χ3v) is 2.01. The van der Waals surface area contributed by atoms with Crippen LogP contribution in [0.1, 0.15) is 33.1 Å². The third kappa shape index (κ3) is 5.36. The normalized spacial score (nSPS) is 12.2. The topological polar surface area (TPSA) is 57.6 Å². The summed E-state index contributed by atoms with van der Waals surface area (Å²) in [7, 11) is 0. The number of amides is 1.